The van der Waals surface area contributed by atoms with Crippen LogP contribution < -0.4 is 20.5 Å². The molecule has 0 spiro atoms. The van der Waals surface area contributed by atoms with Crippen molar-refractivity contribution in [2.45, 2.75) is 34.1 Å². The number of benzene rings is 2. The molecule has 0 fully saturated rings. The van der Waals surface area contributed by atoms with Crippen LogP contribution in [-0.2, 0) is 13.5 Å². The Morgan fingerprint density at radius 2 is 1.70 bits per heavy atom. The first-order valence-electron chi connectivity index (χ1n) is 10.2. The first kappa shape index (κ1) is 20.0. The maximum atomic E-state index is 12.8. The fourth-order valence-corrected chi connectivity index (χ4v) is 4.07. The van der Waals surface area contributed by atoms with Crippen molar-refractivity contribution in [3.05, 3.63) is 63.1 Å². The molecule has 0 unspecified atom stereocenters. The zero-order valence-corrected chi connectivity index (χ0v) is 18.1. The van der Waals surface area contributed by atoms with Crippen molar-refractivity contribution in [3.63, 3.8) is 0 Å². The molecule has 2 heterocycles. The number of anilines is 2. The van der Waals surface area contributed by atoms with E-state index in [0.717, 1.165) is 45.9 Å². The second-order valence-electron chi connectivity index (χ2n) is 7.74. The SMILES string of the molecule is CCc1c(-c2ccc3c(c2)OCCO3)nc(=O)n(C)c1Nc1c(C)cc(C)cc1C. The highest BCUT2D eigenvalue weighted by molar-refractivity contribution is 5.75. The number of fused-ring (bicyclic) bond motifs is 1. The smallest absolute Gasteiger partial charge is 0.349 e. The molecule has 30 heavy (non-hydrogen) atoms. The zero-order chi connectivity index (χ0) is 21.4. The Labute approximate surface area is 176 Å². The summed E-state index contributed by atoms with van der Waals surface area (Å²) in [5.74, 6) is 2.16. The van der Waals surface area contributed by atoms with Gasteiger partial charge in [-0.05, 0) is 56.5 Å². The van der Waals surface area contributed by atoms with Gasteiger partial charge in [0.1, 0.15) is 19.0 Å². The molecule has 3 aromatic rings. The van der Waals surface area contributed by atoms with Gasteiger partial charge in [0.25, 0.3) is 0 Å². The van der Waals surface area contributed by atoms with Gasteiger partial charge in [-0.15, -0.1) is 0 Å². The van der Waals surface area contributed by atoms with Crippen molar-refractivity contribution in [3.8, 4) is 22.8 Å². The summed E-state index contributed by atoms with van der Waals surface area (Å²) in [6.45, 7) is 9.37. The molecule has 1 aliphatic rings. The van der Waals surface area contributed by atoms with E-state index in [-0.39, 0.29) is 5.69 Å². The highest BCUT2D eigenvalue weighted by atomic mass is 16.6. The van der Waals surface area contributed by atoms with Gasteiger partial charge < -0.3 is 14.8 Å². The van der Waals surface area contributed by atoms with Crippen LogP contribution in [0.4, 0.5) is 11.5 Å². The van der Waals surface area contributed by atoms with Crippen molar-refractivity contribution >= 4 is 11.5 Å². The molecule has 0 aliphatic carbocycles. The lowest BCUT2D eigenvalue weighted by atomic mass is 10.0. The summed E-state index contributed by atoms with van der Waals surface area (Å²) in [5.41, 5.74) is 6.70. The maximum absolute atomic E-state index is 12.8. The average Bonchev–Trinajstić information content (AvgIpc) is 2.72. The maximum Gasteiger partial charge on any atom is 0.349 e. The summed E-state index contributed by atoms with van der Waals surface area (Å²) in [6, 6.07) is 10.00. The first-order valence-corrected chi connectivity index (χ1v) is 10.2. The normalized spacial score (nSPS) is 12.7. The molecule has 1 N–H and O–H groups in total. The van der Waals surface area contributed by atoms with Crippen molar-refractivity contribution in [2.75, 3.05) is 18.5 Å². The molecule has 0 amide bonds. The largest absolute Gasteiger partial charge is 0.486 e. The lowest BCUT2D eigenvalue weighted by Gasteiger charge is -2.22. The standard InChI is InChI=1S/C24H27N3O3/c1-6-18-22(17-7-8-19-20(13-17)30-10-9-29-19)26-24(28)27(5)23(18)25-21-15(3)11-14(2)12-16(21)4/h7-8,11-13,25H,6,9-10H2,1-5H3. The van der Waals surface area contributed by atoms with Gasteiger partial charge in [0, 0.05) is 23.9 Å². The number of hydrogen-bond donors (Lipinski definition) is 1. The van der Waals surface area contributed by atoms with E-state index in [1.54, 1.807) is 11.6 Å². The summed E-state index contributed by atoms with van der Waals surface area (Å²) >= 11 is 0. The molecule has 2 aromatic carbocycles. The molecule has 1 aliphatic heterocycles. The van der Waals surface area contributed by atoms with Gasteiger partial charge in [0.05, 0.1) is 5.69 Å². The Morgan fingerprint density at radius 3 is 2.37 bits per heavy atom. The molecule has 0 saturated heterocycles. The van der Waals surface area contributed by atoms with Gasteiger partial charge in [-0.25, -0.2) is 4.79 Å². The highest BCUT2D eigenvalue weighted by Crippen LogP contribution is 2.37. The van der Waals surface area contributed by atoms with E-state index in [2.05, 4.69) is 50.1 Å². The lowest BCUT2D eigenvalue weighted by Crippen LogP contribution is -2.25. The molecular formula is C24H27N3O3. The van der Waals surface area contributed by atoms with Gasteiger partial charge >= 0.3 is 5.69 Å². The summed E-state index contributed by atoms with van der Waals surface area (Å²) in [7, 11) is 1.75. The average molecular weight is 405 g/mol. The van der Waals surface area contributed by atoms with Crippen LogP contribution in [0.3, 0.4) is 0 Å². The van der Waals surface area contributed by atoms with E-state index in [9.17, 15) is 4.79 Å². The number of nitrogens with zero attached hydrogens (tertiary/aromatic N) is 2. The summed E-state index contributed by atoms with van der Waals surface area (Å²) in [6.07, 6.45) is 0.719. The quantitative estimate of drug-likeness (QED) is 0.695. The number of rotatable bonds is 4. The Kier molecular flexibility index (Phi) is 5.24. The fourth-order valence-electron chi connectivity index (χ4n) is 4.07. The Hall–Kier alpha value is -3.28. The number of nitrogens with one attached hydrogen (secondary N) is 1. The van der Waals surface area contributed by atoms with Crippen molar-refractivity contribution in [2.24, 2.45) is 7.05 Å². The predicted molar refractivity (Wildman–Crippen MR) is 119 cm³/mol. The van der Waals surface area contributed by atoms with Crippen LogP contribution in [0.1, 0.15) is 29.2 Å². The molecular weight excluding hydrogens is 378 g/mol. The third kappa shape index (κ3) is 3.54. The predicted octanol–water partition coefficient (Wildman–Crippen LogP) is 4.45. The summed E-state index contributed by atoms with van der Waals surface area (Å²) in [5, 5.41) is 3.54. The zero-order valence-electron chi connectivity index (χ0n) is 18.1. The monoisotopic (exact) mass is 405 g/mol. The summed E-state index contributed by atoms with van der Waals surface area (Å²) < 4.78 is 12.9. The van der Waals surface area contributed by atoms with Gasteiger partial charge in [0.2, 0.25) is 0 Å². The third-order valence-electron chi connectivity index (χ3n) is 5.49. The van der Waals surface area contributed by atoms with E-state index in [0.29, 0.717) is 24.7 Å². The van der Waals surface area contributed by atoms with E-state index in [1.165, 1.54) is 5.56 Å². The van der Waals surface area contributed by atoms with Gasteiger partial charge in [0.15, 0.2) is 11.5 Å². The molecule has 0 bridgehead atoms. The van der Waals surface area contributed by atoms with E-state index in [1.807, 2.05) is 18.2 Å². The van der Waals surface area contributed by atoms with Crippen molar-refractivity contribution < 1.29 is 9.47 Å². The van der Waals surface area contributed by atoms with Crippen LogP contribution >= 0.6 is 0 Å². The first-order chi connectivity index (χ1) is 14.4. The van der Waals surface area contributed by atoms with E-state index in [4.69, 9.17) is 9.47 Å². The fraction of sp³-hybridized carbons (Fsp3) is 0.333. The van der Waals surface area contributed by atoms with E-state index >= 15 is 0 Å². The lowest BCUT2D eigenvalue weighted by molar-refractivity contribution is 0.171. The summed E-state index contributed by atoms with van der Waals surface area (Å²) in [4.78, 5) is 17.2. The van der Waals surface area contributed by atoms with Crippen LogP contribution in [-0.4, -0.2) is 22.8 Å². The van der Waals surface area contributed by atoms with Gasteiger partial charge in [-0.1, -0.05) is 24.6 Å². The van der Waals surface area contributed by atoms with Crippen molar-refractivity contribution in [1.29, 1.82) is 0 Å². The number of ether oxygens (including phenoxy) is 2. The van der Waals surface area contributed by atoms with Gasteiger partial charge in [-0.3, -0.25) is 4.57 Å². The van der Waals surface area contributed by atoms with Crippen molar-refractivity contribution in [1.82, 2.24) is 9.55 Å². The minimum Gasteiger partial charge on any atom is -0.486 e. The molecule has 6 heteroatoms. The molecule has 0 radical (unpaired) electrons. The molecule has 6 nitrogen and oxygen atoms in total. The molecule has 0 saturated carbocycles. The molecule has 0 atom stereocenters. The number of aryl methyl sites for hydroxylation is 3. The second kappa shape index (κ2) is 7.86. The second-order valence-corrected chi connectivity index (χ2v) is 7.74. The van der Waals surface area contributed by atoms with Crippen LogP contribution in [0.5, 0.6) is 11.5 Å². The van der Waals surface area contributed by atoms with Crippen LogP contribution in [0.15, 0.2) is 35.1 Å². The molecule has 4 rings (SSSR count). The Morgan fingerprint density at radius 1 is 1.03 bits per heavy atom. The van der Waals surface area contributed by atoms with Crippen LogP contribution in [0, 0.1) is 20.8 Å². The van der Waals surface area contributed by atoms with Crippen LogP contribution in [0.2, 0.25) is 0 Å². The highest BCUT2D eigenvalue weighted by Gasteiger charge is 2.20. The van der Waals surface area contributed by atoms with Crippen LogP contribution in [0.25, 0.3) is 11.3 Å². The minimum atomic E-state index is -0.304. The molecule has 156 valence electrons. The minimum absolute atomic E-state index is 0.304. The Bertz CT molecular complexity index is 1160. The van der Waals surface area contributed by atoms with E-state index < -0.39 is 0 Å². The van der Waals surface area contributed by atoms with Gasteiger partial charge in [-0.2, -0.15) is 4.98 Å². The third-order valence-corrected chi connectivity index (χ3v) is 5.49. The topological polar surface area (TPSA) is 65.4 Å². The number of aromatic nitrogens is 2. The molecule has 1 aromatic heterocycles. The number of hydrogen-bond acceptors (Lipinski definition) is 5. The Balaban J connectivity index is 1.87.